The number of fused-ring (bicyclic) bond motifs is 1. The number of hydrogen-bond donors (Lipinski definition) is 2. The summed E-state index contributed by atoms with van der Waals surface area (Å²) in [7, 11) is 0. The molecule has 0 aromatic carbocycles. The molecule has 8 heteroatoms. The molecule has 2 aromatic rings. The summed E-state index contributed by atoms with van der Waals surface area (Å²) < 4.78 is 5.24. The highest BCUT2D eigenvalue weighted by molar-refractivity contribution is 5.94. The van der Waals surface area contributed by atoms with Crippen molar-refractivity contribution in [2.24, 2.45) is 5.92 Å². The summed E-state index contributed by atoms with van der Waals surface area (Å²) in [6, 6.07) is 1.86. The topological polar surface area (TPSA) is 118 Å². The molecular weight excluding hydrogens is 334 g/mol. The molecule has 2 aliphatic rings. The first-order valence-electron chi connectivity index (χ1n) is 9.06. The molecule has 0 saturated carbocycles. The standard InChI is InChI=1S/C18H23N5O3/c1-10-6-12(26-22-10)7-11-8-23(9-15(11)24)17(25)16-13-4-2-3-5-14(13)20-18(19)21-16/h6,11,15,24H,2-5,7-9H2,1H3,(H2,19,20,21)/t11-,15-/m1/s1. The number of aryl methyl sites for hydroxylation is 2. The second-order valence-corrected chi connectivity index (χ2v) is 7.24. The van der Waals surface area contributed by atoms with Crippen LogP contribution in [0, 0.1) is 12.8 Å². The molecule has 4 rings (SSSR count). The van der Waals surface area contributed by atoms with Gasteiger partial charge >= 0.3 is 0 Å². The first-order chi connectivity index (χ1) is 12.5. The van der Waals surface area contributed by atoms with Crippen LogP contribution >= 0.6 is 0 Å². The van der Waals surface area contributed by atoms with Crippen molar-refractivity contribution in [2.75, 3.05) is 18.8 Å². The first kappa shape index (κ1) is 17.0. The van der Waals surface area contributed by atoms with Gasteiger partial charge < -0.3 is 20.3 Å². The molecule has 0 unspecified atom stereocenters. The van der Waals surface area contributed by atoms with Gasteiger partial charge in [0.15, 0.2) is 0 Å². The highest BCUT2D eigenvalue weighted by atomic mass is 16.5. The monoisotopic (exact) mass is 357 g/mol. The lowest BCUT2D eigenvalue weighted by atomic mass is 9.94. The van der Waals surface area contributed by atoms with Gasteiger partial charge in [0.2, 0.25) is 5.95 Å². The molecule has 3 heterocycles. The molecule has 3 N–H and O–H groups in total. The summed E-state index contributed by atoms with van der Waals surface area (Å²) in [6.07, 6.45) is 3.66. The van der Waals surface area contributed by atoms with Crippen LogP contribution in [0.1, 0.15) is 46.0 Å². The Morgan fingerprint density at radius 3 is 2.92 bits per heavy atom. The molecule has 0 radical (unpaired) electrons. The number of β-amino-alcohol motifs (C(OH)–C–C–N with tert-alkyl or cyclic N) is 1. The third-order valence-corrected chi connectivity index (χ3v) is 5.24. The minimum Gasteiger partial charge on any atom is -0.391 e. The molecule has 26 heavy (non-hydrogen) atoms. The van der Waals surface area contributed by atoms with Crippen molar-refractivity contribution in [1.82, 2.24) is 20.0 Å². The Morgan fingerprint density at radius 1 is 1.35 bits per heavy atom. The first-order valence-corrected chi connectivity index (χ1v) is 9.06. The summed E-state index contributed by atoms with van der Waals surface area (Å²) in [4.78, 5) is 23.2. The number of amides is 1. The summed E-state index contributed by atoms with van der Waals surface area (Å²) in [5.74, 6) is 0.612. The Morgan fingerprint density at radius 2 is 2.15 bits per heavy atom. The van der Waals surface area contributed by atoms with Crippen molar-refractivity contribution < 1.29 is 14.4 Å². The second-order valence-electron chi connectivity index (χ2n) is 7.24. The summed E-state index contributed by atoms with van der Waals surface area (Å²) in [5, 5.41) is 14.3. The lowest BCUT2D eigenvalue weighted by Gasteiger charge is -2.21. The van der Waals surface area contributed by atoms with Gasteiger partial charge in [-0.25, -0.2) is 9.97 Å². The van der Waals surface area contributed by atoms with E-state index in [4.69, 9.17) is 10.3 Å². The van der Waals surface area contributed by atoms with E-state index in [-0.39, 0.29) is 24.3 Å². The van der Waals surface area contributed by atoms with E-state index < -0.39 is 6.10 Å². The average molecular weight is 357 g/mol. The number of carbonyl (C=O) groups excluding carboxylic acids is 1. The quantitative estimate of drug-likeness (QED) is 0.838. The predicted octanol–water partition coefficient (Wildman–Crippen LogP) is 0.910. The largest absolute Gasteiger partial charge is 0.391 e. The number of rotatable bonds is 3. The summed E-state index contributed by atoms with van der Waals surface area (Å²) >= 11 is 0. The third-order valence-electron chi connectivity index (χ3n) is 5.24. The van der Waals surface area contributed by atoms with Crippen molar-refractivity contribution in [3.63, 3.8) is 0 Å². The molecular formula is C18H23N5O3. The fraction of sp³-hybridized carbons (Fsp3) is 0.556. The van der Waals surface area contributed by atoms with Crippen LogP contribution in [0.4, 0.5) is 5.95 Å². The maximum absolute atomic E-state index is 13.1. The Kier molecular flexibility index (Phi) is 4.36. The molecule has 8 nitrogen and oxygen atoms in total. The van der Waals surface area contributed by atoms with Gasteiger partial charge in [-0.1, -0.05) is 5.16 Å². The van der Waals surface area contributed by atoms with Crippen LogP contribution in [0.25, 0.3) is 0 Å². The van der Waals surface area contributed by atoms with Gasteiger partial charge in [0.1, 0.15) is 11.5 Å². The number of aliphatic hydroxyl groups excluding tert-OH is 1. The number of nitrogens with two attached hydrogens (primary N) is 1. The Bertz CT molecular complexity index is 834. The molecule has 0 spiro atoms. The van der Waals surface area contributed by atoms with Crippen molar-refractivity contribution >= 4 is 11.9 Å². The molecule has 1 amide bonds. The molecule has 0 bridgehead atoms. The number of likely N-dealkylation sites (tertiary alicyclic amines) is 1. The highest BCUT2D eigenvalue weighted by Crippen LogP contribution is 2.27. The van der Waals surface area contributed by atoms with E-state index >= 15 is 0 Å². The van der Waals surface area contributed by atoms with Gasteiger partial charge in [-0.15, -0.1) is 0 Å². The van der Waals surface area contributed by atoms with Gasteiger partial charge in [0, 0.05) is 42.8 Å². The van der Waals surface area contributed by atoms with Crippen molar-refractivity contribution in [3.05, 3.63) is 34.5 Å². The van der Waals surface area contributed by atoms with Crippen LogP contribution in [0.3, 0.4) is 0 Å². The molecule has 1 fully saturated rings. The molecule has 1 aliphatic heterocycles. The maximum atomic E-state index is 13.1. The van der Waals surface area contributed by atoms with E-state index in [2.05, 4.69) is 15.1 Å². The van der Waals surface area contributed by atoms with E-state index in [1.165, 1.54) is 0 Å². The van der Waals surface area contributed by atoms with Crippen LogP contribution in [-0.4, -0.2) is 50.2 Å². The molecule has 2 aromatic heterocycles. The SMILES string of the molecule is Cc1cc(C[C@@H]2CN(C(=O)c3nc(N)nc4c3CCCC4)C[C@H]2O)on1. The average Bonchev–Trinajstić information content (AvgIpc) is 3.19. The zero-order valence-electron chi connectivity index (χ0n) is 14.8. The minimum atomic E-state index is -0.598. The van der Waals surface area contributed by atoms with Crippen molar-refractivity contribution in [1.29, 1.82) is 0 Å². The smallest absolute Gasteiger partial charge is 0.273 e. The van der Waals surface area contributed by atoms with Crippen LogP contribution < -0.4 is 5.73 Å². The maximum Gasteiger partial charge on any atom is 0.273 e. The van der Waals surface area contributed by atoms with E-state index in [0.717, 1.165) is 48.4 Å². The predicted molar refractivity (Wildman–Crippen MR) is 93.4 cm³/mol. The molecule has 2 atom stereocenters. The van der Waals surface area contributed by atoms with E-state index in [1.54, 1.807) is 4.90 Å². The fourth-order valence-corrected chi connectivity index (χ4v) is 3.93. The van der Waals surface area contributed by atoms with Crippen LogP contribution in [-0.2, 0) is 19.3 Å². The Balaban J connectivity index is 1.53. The van der Waals surface area contributed by atoms with Gasteiger partial charge in [-0.3, -0.25) is 4.79 Å². The Labute approximate surface area is 151 Å². The number of aliphatic hydroxyl groups is 1. The summed E-state index contributed by atoms with van der Waals surface area (Å²) in [5.41, 5.74) is 8.83. The van der Waals surface area contributed by atoms with Crippen LogP contribution in [0.2, 0.25) is 0 Å². The third kappa shape index (κ3) is 3.16. The zero-order valence-corrected chi connectivity index (χ0v) is 14.8. The van der Waals surface area contributed by atoms with Gasteiger partial charge in [0.05, 0.1) is 11.8 Å². The normalized spacial score (nSPS) is 22.5. The fourth-order valence-electron chi connectivity index (χ4n) is 3.93. The van der Waals surface area contributed by atoms with Crippen molar-refractivity contribution in [3.8, 4) is 0 Å². The number of nitrogens with zero attached hydrogens (tertiary/aromatic N) is 4. The number of aromatic nitrogens is 3. The molecule has 1 aliphatic carbocycles. The van der Waals surface area contributed by atoms with E-state index in [9.17, 15) is 9.90 Å². The van der Waals surface area contributed by atoms with Crippen molar-refractivity contribution in [2.45, 2.75) is 45.1 Å². The minimum absolute atomic E-state index is 0.0821. The van der Waals surface area contributed by atoms with Crippen LogP contribution in [0.15, 0.2) is 10.6 Å². The van der Waals surface area contributed by atoms with E-state index in [0.29, 0.717) is 18.7 Å². The summed E-state index contributed by atoms with van der Waals surface area (Å²) in [6.45, 7) is 2.60. The number of carbonyl (C=O) groups is 1. The van der Waals surface area contributed by atoms with Crippen LogP contribution in [0.5, 0.6) is 0 Å². The number of nitrogen functional groups attached to an aromatic ring is 1. The van der Waals surface area contributed by atoms with Gasteiger partial charge in [0.25, 0.3) is 5.91 Å². The zero-order chi connectivity index (χ0) is 18.3. The Hall–Kier alpha value is -2.48. The number of anilines is 1. The lowest BCUT2D eigenvalue weighted by molar-refractivity contribution is 0.0757. The second kappa shape index (κ2) is 6.68. The molecule has 1 saturated heterocycles. The van der Waals surface area contributed by atoms with Gasteiger partial charge in [-0.05, 0) is 32.6 Å². The number of hydrogen-bond acceptors (Lipinski definition) is 7. The van der Waals surface area contributed by atoms with E-state index in [1.807, 2.05) is 13.0 Å². The highest BCUT2D eigenvalue weighted by Gasteiger charge is 2.36. The van der Waals surface area contributed by atoms with Gasteiger partial charge in [-0.2, -0.15) is 0 Å². The lowest BCUT2D eigenvalue weighted by Crippen LogP contribution is -2.32. The molecule has 138 valence electrons.